The van der Waals surface area contributed by atoms with Gasteiger partial charge in [0, 0.05) is 18.3 Å². The fraction of sp³-hybridized carbons (Fsp3) is 0.143. The molecule has 21 heavy (non-hydrogen) atoms. The molecule has 2 N–H and O–H groups in total. The molecule has 0 spiro atoms. The normalized spacial score (nSPS) is 12.0. The molecule has 0 atom stereocenters. The molecule has 7 heteroatoms. The summed E-state index contributed by atoms with van der Waals surface area (Å²) in [7, 11) is 0. The average molecular weight is 292 g/mol. The number of nitrogens with zero attached hydrogens (tertiary/aromatic N) is 3. The Morgan fingerprint density at radius 2 is 1.81 bits per heavy atom. The summed E-state index contributed by atoms with van der Waals surface area (Å²) in [6.07, 6.45) is -3.02. The molecule has 2 aromatic heterocycles. The van der Waals surface area contributed by atoms with Crippen molar-refractivity contribution in [1.29, 1.82) is 0 Å². The van der Waals surface area contributed by atoms with Gasteiger partial charge in [-0.15, -0.1) is 5.10 Å². The van der Waals surface area contributed by atoms with Crippen LogP contribution in [0.2, 0.25) is 0 Å². The Kier molecular flexibility index (Phi) is 3.13. The van der Waals surface area contributed by atoms with E-state index in [1.54, 1.807) is 24.3 Å². The maximum Gasteiger partial charge on any atom is 0.420 e. The lowest BCUT2D eigenvalue weighted by atomic mass is 10.1. The number of alkyl halides is 3. The maximum atomic E-state index is 12.9. The van der Waals surface area contributed by atoms with Gasteiger partial charge in [-0.25, -0.2) is 9.50 Å². The summed E-state index contributed by atoms with van der Waals surface area (Å²) < 4.78 is 39.9. The summed E-state index contributed by atoms with van der Waals surface area (Å²) in [6.45, 7) is 0.400. The van der Waals surface area contributed by atoms with Gasteiger partial charge in [0.2, 0.25) is 0 Å². The molecule has 0 amide bonds. The van der Waals surface area contributed by atoms with Crippen LogP contribution in [0.5, 0.6) is 0 Å². The number of nitrogens with two attached hydrogens (primary N) is 1. The van der Waals surface area contributed by atoms with Gasteiger partial charge >= 0.3 is 6.18 Å². The fourth-order valence-corrected chi connectivity index (χ4v) is 2.04. The summed E-state index contributed by atoms with van der Waals surface area (Å²) in [5.74, 6) is 0.246. The van der Waals surface area contributed by atoms with E-state index in [4.69, 9.17) is 5.73 Å². The molecule has 3 aromatic rings. The number of pyridine rings is 1. The Morgan fingerprint density at radius 3 is 2.43 bits per heavy atom. The highest BCUT2D eigenvalue weighted by molar-refractivity contribution is 5.60. The van der Waals surface area contributed by atoms with Crippen molar-refractivity contribution in [3.63, 3.8) is 0 Å². The van der Waals surface area contributed by atoms with Gasteiger partial charge in [-0.2, -0.15) is 13.2 Å². The molecule has 3 rings (SSSR count). The Balaban J connectivity index is 2.12. The molecule has 0 aliphatic carbocycles. The highest BCUT2D eigenvalue weighted by Gasteiger charge is 2.34. The van der Waals surface area contributed by atoms with Crippen LogP contribution in [0.3, 0.4) is 0 Å². The van der Waals surface area contributed by atoms with Crippen molar-refractivity contribution >= 4 is 5.65 Å². The van der Waals surface area contributed by atoms with Crippen LogP contribution >= 0.6 is 0 Å². The van der Waals surface area contributed by atoms with E-state index in [1.807, 2.05) is 0 Å². The number of fused-ring (bicyclic) bond motifs is 1. The number of aromatic nitrogens is 3. The zero-order valence-electron chi connectivity index (χ0n) is 10.8. The first kappa shape index (κ1) is 13.6. The predicted molar refractivity (Wildman–Crippen MR) is 71.3 cm³/mol. The third-order valence-electron chi connectivity index (χ3n) is 3.12. The third kappa shape index (κ3) is 2.47. The smallest absolute Gasteiger partial charge is 0.326 e. The topological polar surface area (TPSA) is 56.2 Å². The van der Waals surface area contributed by atoms with Gasteiger partial charge in [-0.05, 0) is 17.7 Å². The van der Waals surface area contributed by atoms with Crippen molar-refractivity contribution in [2.45, 2.75) is 12.7 Å². The standard InChI is InChI=1S/C14H11F3N4/c15-14(16,17)11-2-1-7-21-13(11)19-12(20-21)10-5-3-9(8-18)4-6-10/h1-7H,8,18H2. The van der Waals surface area contributed by atoms with Crippen LogP contribution in [-0.2, 0) is 12.7 Å². The van der Waals surface area contributed by atoms with Gasteiger partial charge in [0.1, 0.15) is 5.56 Å². The fourth-order valence-electron chi connectivity index (χ4n) is 2.04. The minimum absolute atomic E-state index is 0.206. The number of rotatable bonds is 2. The minimum Gasteiger partial charge on any atom is -0.326 e. The van der Waals surface area contributed by atoms with E-state index in [-0.39, 0.29) is 11.5 Å². The van der Waals surface area contributed by atoms with Gasteiger partial charge in [0.25, 0.3) is 0 Å². The van der Waals surface area contributed by atoms with Gasteiger partial charge < -0.3 is 5.73 Å². The summed E-state index contributed by atoms with van der Waals surface area (Å²) >= 11 is 0. The predicted octanol–water partition coefficient (Wildman–Crippen LogP) is 2.87. The van der Waals surface area contributed by atoms with Gasteiger partial charge in [-0.1, -0.05) is 24.3 Å². The molecule has 0 unspecified atom stereocenters. The Hall–Kier alpha value is -2.41. The van der Waals surface area contributed by atoms with E-state index in [9.17, 15) is 13.2 Å². The third-order valence-corrected chi connectivity index (χ3v) is 3.12. The first-order valence-electron chi connectivity index (χ1n) is 6.21. The van der Waals surface area contributed by atoms with Crippen molar-refractivity contribution < 1.29 is 13.2 Å². The van der Waals surface area contributed by atoms with E-state index < -0.39 is 11.7 Å². The van der Waals surface area contributed by atoms with E-state index in [0.29, 0.717) is 12.1 Å². The van der Waals surface area contributed by atoms with E-state index in [2.05, 4.69) is 10.1 Å². The van der Waals surface area contributed by atoms with E-state index in [1.165, 1.54) is 12.3 Å². The molecule has 0 radical (unpaired) electrons. The molecule has 0 fully saturated rings. The zero-order chi connectivity index (χ0) is 15.0. The molecule has 1 aromatic carbocycles. The van der Waals surface area contributed by atoms with Crippen LogP contribution in [0.4, 0.5) is 13.2 Å². The maximum absolute atomic E-state index is 12.9. The molecule has 0 aliphatic heterocycles. The van der Waals surface area contributed by atoms with Crippen molar-refractivity contribution in [3.8, 4) is 11.4 Å². The van der Waals surface area contributed by atoms with Crippen molar-refractivity contribution in [2.24, 2.45) is 5.73 Å². The number of hydrogen-bond acceptors (Lipinski definition) is 3. The molecule has 0 saturated carbocycles. The highest BCUT2D eigenvalue weighted by Crippen LogP contribution is 2.32. The largest absolute Gasteiger partial charge is 0.420 e. The van der Waals surface area contributed by atoms with Crippen LogP contribution in [-0.4, -0.2) is 14.6 Å². The lowest BCUT2D eigenvalue weighted by Crippen LogP contribution is -2.07. The molecule has 0 saturated heterocycles. The molecular formula is C14H11F3N4. The van der Waals surface area contributed by atoms with Crippen LogP contribution in [0.25, 0.3) is 17.0 Å². The van der Waals surface area contributed by atoms with Gasteiger partial charge in [0.15, 0.2) is 11.5 Å². The van der Waals surface area contributed by atoms with Crippen molar-refractivity contribution in [1.82, 2.24) is 14.6 Å². The first-order chi connectivity index (χ1) is 9.99. The Bertz CT molecular complexity index is 775. The van der Waals surface area contributed by atoms with E-state index >= 15 is 0 Å². The molecule has 0 aliphatic rings. The lowest BCUT2D eigenvalue weighted by Gasteiger charge is -2.05. The van der Waals surface area contributed by atoms with Crippen LogP contribution in [0.1, 0.15) is 11.1 Å². The van der Waals surface area contributed by atoms with Crippen molar-refractivity contribution in [3.05, 3.63) is 53.7 Å². The van der Waals surface area contributed by atoms with Gasteiger partial charge in [-0.3, -0.25) is 0 Å². The summed E-state index contributed by atoms with van der Waals surface area (Å²) in [5, 5.41) is 4.09. The molecule has 2 heterocycles. The number of halogens is 3. The molecule has 108 valence electrons. The van der Waals surface area contributed by atoms with Gasteiger partial charge in [0.05, 0.1) is 0 Å². The summed E-state index contributed by atoms with van der Waals surface area (Å²) in [4.78, 5) is 4.01. The molecular weight excluding hydrogens is 281 g/mol. The minimum atomic E-state index is -4.46. The highest BCUT2D eigenvalue weighted by atomic mass is 19.4. The second-order valence-electron chi connectivity index (χ2n) is 4.52. The van der Waals surface area contributed by atoms with Crippen molar-refractivity contribution in [2.75, 3.05) is 0 Å². The Labute approximate surface area is 118 Å². The summed E-state index contributed by atoms with van der Waals surface area (Å²) in [6, 6.07) is 9.36. The number of hydrogen-bond donors (Lipinski definition) is 1. The van der Waals surface area contributed by atoms with E-state index in [0.717, 1.165) is 16.1 Å². The first-order valence-corrected chi connectivity index (χ1v) is 6.21. The van der Waals surface area contributed by atoms with Crippen LogP contribution in [0.15, 0.2) is 42.6 Å². The Morgan fingerprint density at radius 1 is 1.10 bits per heavy atom. The average Bonchev–Trinajstić information content (AvgIpc) is 2.90. The quantitative estimate of drug-likeness (QED) is 0.790. The molecule has 4 nitrogen and oxygen atoms in total. The monoisotopic (exact) mass is 292 g/mol. The zero-order valence-corrected chi connectivity index (χ0v) is 10.8. The second kappa shape index (κ2) is 4.85. The second-order valence-corrected chi connectivity index (χ2v) is 4.52. The molecule has 0 bridgehead atoms. The van der Waals surface area contributed by atoms with Crippen LogP contribution in [0, 0.1) is 0 Å². The summed E-state index contributed by atoms with van der Waals surface area (Å²) in [5.41, 5.74) is 6.07. The SMILES string of the molecule is NCc1ccc(-c2nc3c(C(F)(F)F)cccn3n2)cc1. The van der Waals surface area contributed by atoms with Crippen LogP contribution < -0.4 is 5.73 Å². The number of benzene rings is 1. The lowest BCUT2D eigenvalue weighted by molar-refractivity contribution is -0.136.